The number of rotatable bonds is 6. The fourth-order valence-electron chi connectivity index (χ4n) is 3.43. The van der Waals surface area contributed by atoms with E-state index in [1.165, 1.54) is 0 Å². The topological polar surface area (TPSA) is 78.5 Å². The fraction of sp³-hybridized carbons (Fsp3) is 0.824. The Hall–Kier alpha value is -1.59. The second kappa shape index (κ2) is 7.32. The van der Waals surface area contributed by atoms with Gasteiger partial charge in [0.15, 0.2) is 0 Å². The van der Waals surface area contributed by atoms with Crippen LogP contribution in [0, 0.1) is 5.92 Å². The molecule has 0 aromatic carbocycles. The lowest BCUT2D eigenvalue weighted by atomic mass is 9.82. The SMILES string of the molecule is CC(C)CC[C@@H](C)NC(=O)CN1C(=O)NC2(CCCCC2)C1=O. The average Bonchev–Trinajstić information content (AvgIpc) is 2.70. The summed E-state index contributed by atoms with van der Waals surface area (Å²) in [7, 11) is 0. The van der Waals surface area contributed by atoms with Gasteiger partial charge in [-0.05, 0) is 38.5 Å². The third kappa shape index (κ3) is 4.24. The molecule has 0 aromatic heterocycles. The smallest absolute Gasteiger partial charge is 0.325 e. The van der Waals surface area contributed by atoms with E-state index in [1.807, 2.05) is 6.92 Å². The number of urea groups is 1. The maximum atomic E-state index is 12.6. The number of hydrogen-bond acceptors (Lipinski definition) is 3. The molecule has 2 fully saturated rings. The zero-order chi connectivity index (χ0) is 17.0. The molecule has 6 nitrogen and oxygen atoms in total. The van der Waals surface area contributed by atoms with Crippen LogP contribution in [0.3, 0.4) is 0 Å². The molecule has 1 spiro atoms. The predicted octanol–water partition coefficient (Wildman–Crippen LogP) is 2.18. The summed E-state index contributed by atoms with van der Waals surface area (Å²) in [5.41, 5.74) is -0.751. The Morgan fingerprint density at radius 2 is 1.83 bits per heavy atom. The van der Waals surface area contributed by atoms with Gasteiger partial charge in [-0.25, -0.2) is 4.79 Å². The number of imide groups is 1. The molecule has 4 amide bonds. The van der Waals surface area contributed by atoms with Gasteiger partial charge in [0.1, 0.15) is 12.1 Å². The Morgan fingerprint density at radius 1 is 1.17 bits per heavy atom. The van der Waals surface area contributed by atoms with Crippen LogP contribution >= 0.6 is 0 Å². The minimum absolute atomic E-state index is 0.0503. The van der Waals surface area contributed by atoms with Crippen molar-refractivity contribution in [1.29, 1.82) is 0 Å². The van der Waals surface area contributed by atoms with E-state index in [9.17, 15) is 14.4 Å². The van der Waals surface area contributed by atoms with Gasteiger partial charge in [0, 0.05) is 6.04 Å². The summed E-state index contributed by atoms with van der Waals surface area (Å²) >= 11 is 0. The van der Waals surface area contributed by atoms with Gasteiger partial charge in [-0.15, -0.1) is 0 Å². The highest BCUT2D eigenvalue weighted by atomic mass is 16.2. The minimum Gasteiger partial charge on any atom is -0.352 e. The molecule has 1 saturated carbocycles. The molecule has 1 heterocycles. The van der Waals surface area contributed by atoms with Crippen molar-refractivity contribution in [3.05, 3.63) is 0 Å². The van der Waals surface area contributed by atoms with Gasteiger partial charge in [-0.1, -0.05) is 33.1 Å². The van der Waals surface area contributed by atoms with Crippen LogP contribution in [0.4, 0.5) is 4.79 Å². The minimum atomic E-state index is -0.751. The molecule has 2 aliphatic rings. The van der Waals surface area contributed by atoms with Gasteiger partial charge in [0.2, 0.25) is 5.91 Å². The summed E-state index contributed by atoms with van der Waals surface area (Å²) in [4.78, 5) is 37.9. The van der Waals surface area contributed by atoms with Gasteiger partial charge in [0.25, 0.3) is 5.91 Å². The average molecular weight is 323 g/mol. The van der Waals surface area contributed by atoms with E-state index in [2.05, 4.69) is 24.5 Å². The third-order valence-corrected chi connectivity index (χ3v) is 4.84. The van der Waals surface area contributed by atoms with Crippen molar-refractivity contribution < 1.29 is 14.4 Å². The van der Waals surface area contributed by atoms with Crippen LogP contribution in [0.15, 0.2) is 0 Å². The Morgan fingerprint density at radius 3 is 2.43 bits per heavy atom. The van der Waals surface area contributed by atoms with E-state index >= 15 is 0 Å². The van der Waals surface area contributed by atoms with Crippen molar-refractivity contribution in [2.75, 3.05) is 6.54 Å². The van der Waals surface area contributed by atoms with Crippen LogP contribution in [0.1, 0.15) is 65.7 Å². The second-order valence-corrected chi connectivity index (χ2v) is 7.40. The Bertz CT molecular complexity index is 470. The van der Waals surface area contributed by atoms with E-state index in [4.69, 9.17) is 0 Å². The Balaban J connectivity index is 1.88. The first-order valence-electron chi connectivity index (χ1n) is 8.77. The van der Waals surface area contributed by atoms with Gasteiger partial charge in [0.05, 0.1) is 0 Å². The molecule has 6 heteroatoms. The molecule has 0 bridgehead atoms. The molecule has 2 rings (SSSR count). The highest BCUT2D eigenvalue weighted by Gasteiger charge is 2.51. The summed E-state index contributed by atoms with van der Waals surface area (Å²) in [6.07, 6.45) is 6.28. The standard InChI is InChI=1S/C17H29N3O3/c1-12(2)7-8-13(3)18-14(21)11-20-15(22)17(19-16(20)23)9-5-4-6-10-17/h12-13H,4-11H2,1-3H3,(H,18,21)(H,19,23)/t13-/m1/s1. The van der Waals surface area contributed by atoms with E-state index in [0.29, 0.717) is 18.8 Å². The summed E-state index contributed by atoms with van der Waals surface area (Å²) in [5, 5.41) is 5.71. The van der Waals surface area contributed by atoms with Crippen molar-refractivity contribution >= 4 is 17.8 Å². The van der Waals surface area contributed by atoms with Gasteiger partial charge < -0.3 is 10.6 Å². The van der Waals surface area contributed by atoms with E-state index in [0.717, 1.165) is 37.0 Å². The monoisotopic (exact) mass is 323 g/mol. The van der Waals surface area contributed by atoms with Crippen molar-refractivity contribution in [3.63, 3.8) is 0 Å². The largest absolute Gasteiger partial charge is 0.352 e. The van der Waals surface area contributed by atoms with Crippen molar-refractivity contribution in [3.8, 4) is 0 Å². The molecule has 1 atom stereocenters. The number of nitrogens with one attached hydrogen (secondary N) is 2. The van der Waals surface area contributed by atoms with Crippen LogP contribution < -0.4 is 10.6 Å². The van der Waals surface area contributed by atoms with E-state index < -0.39 is 11.6 Å². The summed E-state index contributed by atoms with van der Waals surface area (Å²) < 4.78 is 0. The third-order valence-electron chi connectivity index (χ3n) is 4.84. The molecule has 0 radical (unpaired) electrons. The molecule has 0 unspecified atom stereocenters. The predicted molar refractivity (Wildman–Crippen MR) is 87.7 cm³/mol. The number of carbonyl (C=O) groups is 3. The van der Waals surface area contributed by atoms with Gasteiger partial charge >= 0.3 is 6.03 Å². The first-order valence-corrected chi connectivity index (χ1v) is 8.77. The Kier molecular flexibility index (Phi) is 5.65. The molecular weight excluding hydrogens is 294 g/mol. The molecule has 1 saturated heterocycles. The zero-order valence-electron chi connectivity index (χ0n) is 14.5. The van der Waals surface area contributed by atoms with Gasteiger partial charge in [-0.2, -0.15) is 0 Å². The number of hydrogen-bond donors (Lipinski definition) is 2. The zero-order valence-corrected chi connectivity index (χ0v) is 14.5. The molecule has 130 valence electrons. The van der Waals surface area contributed by atoms with Crippen molar-refractivity contribution in [2.24, 2.45) is 5.92 Å². The quantitative estimate of drug-likeness (QED) is 0.735. The molecule has 1 aliphatic heterocycles. The molecule has 0 aromatic rings. The molecule has 2 N–H and O–H groups in total. The summed E-state index contributed by atoms with van der Waals surface area (Å²) in [5.74, 6) is 0.0937. The maximum Gasteiger partial charge on any atom is 0.325 e. The van der Waals surface area contributed by atoms with Crippen molar-refractivity contribution in [1.82, 2.24) is 15.5 Å². The fourth-order valence-corrected chi connectivity index (χ4v) is 3.43. The normalized spacial score (nSPS) is 21.7. The van der Waals surface area contributed by atoms with Crippen LogP contribution in [-0.2, 0) is 9.59 Å². The van der Waals surface area contributed by atoms with E-state index in [-0.39, 0.29) is 24.4 Å². The first kappa shape index (κ1) is 17.8. The van der Waals surface area contributed by atoms with Crippen LogP contribution in [0.25, 0.3) is 0 Å². The highest BCUT2D eigenvalue weighted by molar-refractivity contribution is 6.09. The lowest BCUT2D eigenvalue weighted by Crippen LogP contribution is -2.49. The van der Waals surface area contributed by atoms with Crippen LogP contribution in [-0.4, -0.2) is 40.9 Å². The summed E-state index contributed by atoms with van der Waals surface area (Å²) in [6.45, 7) is 6.06. The second-order valence-electron chi connectivity index (χ2n) is 7.40. The summed E-state index contributed by atoms with van der Waals surface area (Å²) in [6, 6.07) is -0.379. The van der Waals surface area contributed by atoms with E-state index in [1.54, 1.807) is 0 Å². The number of nitrogens with zero attached hydrogens (tertiary/aromatic N) is 1. The Labute approximate surface area is 138 Å². The molecular formula is C17H29N3O3. The molecule has 1 aliphatic carbocycles. The van der Waals surface area contributed by atoms with Crippen molar-refractivity contribution in [2.45, 2.75) is 77.3 Å². The number of amides is 4. The first-order chi connectivity index (χ1) is 10.8. The molecule has 23 heavy (non-hydrogen) atoms. The lowest BCUT2D eigenvalue weighted by molar-refractivity contribution is -0.136. The number of carbonyl (C=O) groups excluding carboxylic acids is 3. The van der Waals surface area contributed by atoms with Gasteiger partial charge in [-0.3, -0.25) is 14.5 Å². The van der Waals surface area contributed by atoms with Crippen LogP contribution in [0.2, 0.25) is 0 Å². The lowest BCUT2D eigenvalue weighted by Gasteiger charge is -2.30. The highest BCUT2D eigenvalue weighted by Crippen LogP contribution is 2.33. The van der Waals surface area contributed by atoms with Crippen LogP contribution in [0.5, 0.6) is 0 Å². The maximum absolute atomic E-state index is 12.6.